The first kappa shape index (κ1) is 21.1. The molecule has 0 aliphatic rings. The van der Waals surface area contributed by atoms with Crippen molar-refractivity contribution >= 4 is 11.7 Å². The molecule has 4 nitrogen and oxygen atoms in total. The van der Waals surface area contributed by atoms with Gasteiger partial charge in [0.05, 0.1) is 23.9 Å². The molecule has 0 saturated carbocycles. The van der Waals surface area contributed by atoms with E-state index in [2.05, 4.69) is 5.16 Å². The van der Waals surface area contributed by atoms with Crippen LogP contribution in [-0.2, 0) is 11.0 Å². The molecule has 30 heavy (non-hydrogen) atoms. The minimum atomic E-state index is -4.47. The van der Waals surface area contributed by atoms with E-state index in [4.69, 9.17) is 9.57 Å². The van der Waals surface area contributed by atoms with Gasteiger partial charge in [0.1, 0.15) is 5.75 Å². The summed E-state index contributed by atoms with van der Waals surface area (Å²) in [5.74, 6) is -0.114. The van der Waals surface area contributed by atoms with Crippen molar-refractivity contribution in [1.29, 1.82) is 0 Å². The molecule has 0 N–H and O–H groups in total. The Balaban J connectivity index is 1.79. The van der Waals surface area contributed by atoms with E-state index in [1.165, 1.54) is 0 Å². The number of carbonyl (C=O) groups excluding carboxylic acids is 1. The van der Waals surface area contributed by atoms with E-state index >= 15 is 0 Å². The maximum atomic E-state index is 12.6. The van der Waals surface area contributed by atoms with Crippen LogP contribution >= 0.6 is 0 Å². The number of hydrogen-bond acceptors (Lipinski definition) is 4. The summed E-state index contributed by atoms with van der Waals surface area (Å²) in [7, 11) is 1.59. The van der Waals surface area contributed by atoms with Gasteiger partial charge < -0.3 is 9.57 Å². The molecule has 0 aromatic heterocycles. The van der Waals surface area contributed by atoms with Gasteiger partial charge in [0.2, 0.25) is 0 Å². The predicted molar refractivity (Wildman–Crippen MR) is 108 cm³/mol. The Kier molecular flexibility index (Phi) is 6.20. The Morgan fingerprint density at radius 1 is 0.900 bits per heavy atom. The molecule has 0 aliphatic carbocycles. The lowest BCUT2D eigenvalue weighted by Crippen LogP contribution is -2.07. The van der Waals surface area contributed by atoms with Gasteiger partial charge in [-0.2, -0.15) is 13.2 Å². The van der Waals surface area contributed by atoms with E-state index in [0.29, 0.717) is 5.71 Å². The van der Waals surface area contributed by atoms with Crippen LogP contribution in [-0.4, -0.2) is 18.8 Å². The molecule has 0 atom stereocenters. The molecule has 0 fully saturated rings. The highest BCUT2D eigenvalue weighted by molar-refractivity contribution is 6.04. The summed E-state index contributed by atoms with van der Waals surface area (Å²) in [6.07, 6.45) is -4.47. The number of rotatable bonds is 5. The number of halogens is 3. The number of oxime groups is 1. The van der Waals surface area contributed by atoms with Gasteiger partial charge in [0, 0.05) is 5.56 Å². The Hall–Kier alpha value is -3.61. The molecule has 0 aliphatic heterocycles. The maximum absolute atomic E-state index is 12.6. The zero-order chi connectivity index (χ0) is 21.7. The first-order chi connectivity index (χ1) is 14.3. The van der Waals surface area contributed by atoms with Crippen LogP contribution in [0.1, 0.15) is 28.4 Å². The smallest absolute Gasteiger partial charge is 0.416 e. The lowest BCUT2D eigenvalue weighted by atomic mass is 9.97. The highest BCUT2D eigenvalue weighted by Crippen LogP contribution is 2.29. The molecule has 0 bridgehead atoms. The summed E-state index contributed by atoms with van der Waals surface area (Å²) in [5.41, 5.74) is 2.14. The third-order valence-corrected chi connectivity index (χ3v) is 4.43. The average Bonchev–Trinajstić information content (AvgIpc) is 2.76. The monoisotopic (exact) mass is 413 g/mol. The molecule has 0 amide bonds. The van der Waals surface area contributed by atoms with Gasteiger partial charge in [0.25, 0.3) is 0 Å². The summed E-state index contributed by atoms with van der Waals surface area (Å²) in [4.78, 5) is 17.1. The molecular weight excluding hydrogens is 395 g/mol. The van der Waals surface area contributed by atoms with Gasteiger partial charge in [-0.05, 0) is 54.4 Å². The highest BCUT2D eigenvalue weighted by Gasteiger charge is 2.30. The van der Waals surface area contributed by atoms with Crippen LogP contribution in [0, 0.1) is 0 Å². The number of alkyl halides is 3. The zero-order valence-corrected chi connectivity index (χ0v) is 16.2. The molecule has 0 heterocycles. The Morgan fingerprint density at radius 3 is 2.13 bits per heavy atom. The first-order valence-electron chi connectivity index (χ1n) is 8.96. The molecule has 3 aromatic carbocycles. The van der Waals surface area contributed by atoms with Crippen molar-refractivity contribution in [1.82, 2.24) is 0 Å². The second-order valence-corrected chi connectivity index (χ2v) is 6.40. The lowest BCUT2D eigenvalue weighted by Gasteiger charge is -2.10. The normalized spacial score (nSPS) is 11.8. The predicted octanol–water partition coefficient (Wildman–Crippen LogP) is 5.96. The topological polar surface area (TPSA) is 47.9 Å². The van der Waals surface area contributed by atoms with Crippen LogP contribution in [0.4, 0.5) is 13.2 Å². The van der Waals surface area contributed by atoms with Crippen LogP contribution in [0.5, 0.6) is 5.75 Å². The quantitative estimate of drug-likeness (QED) is 0.294. The second kappa shape index (κ2) is 8.82. The van der Waals surface area contributed by atoms with Gasteiger partial charge in [-0.25, -0.2) is 4.79 Å². The lowest BCUT2D eigenvalue weighted by molar-refractivity contribution is -0.137. The third-order valence-electron chi connectivity index (χ3n) is 4.43. The number of methoxy groups -OCH3 is 1. The van der Waals surface area contributed by atoms with E-state index in [9.17, 15) is 18.0 Å². The number of nitrogens with zero attached hydrogens (tertiary/aromatic N) is 1. The summed E-state index contributed by atoms with van der Waals surface area (Å²) in [6, 6.07) is 18.7. The maximum Gasteiger partial charge on any atom is 0.416 e. The first-order valence-corrected chi connectivity index (χ1v) is 8.96. The van der Waals surface area contributed by atoms with E-state index in [0.717, 1.165) is 46.7 Å². The van der Waals surface area contributed by atoms with Crippen molar-refractivity contribution < 1.29 is 27.5 Å². The largest absolute Gasteiger partial charge is 0.497 e. The number of carbonyl (C=O) groups is 1. The molecule has 3 rings (SSSR count). The van der Waals surface area contributed by atoms with Crippen LogP contribution in [0.25, 0.3) is 11.1 Å². The zero-order valence-electron chi connectivity index (χ0n) is 16.2. The third kappa shape index (κ3) is 4.86. The summed E-state index contributed by atoms with van der Waals surface area (Å²) in [6.45, 7) is 1.68. The van der Waals surface area contributed by atoms with Crippen molar-refractivity contribution in [2.24, 2.45) is 5.16 Å². The van der Waals surface area contributed by atoms with Crippen molar-refractivity contribution in [2.45, 2.75) is 13.1 Å². The van der Waals surface area contributed by atoms with Crippen molar-refractivity contribution in [2.75, 3.05) is 7.11 Å². The SMILES string of the molecule is COc1ccc(-c2ccccc2/C(C)=N/OC(=O)c2ccc(C(F)(F)F)cc2)cc1. The van der Waals surface area contributed by atoms with Crippen LogP contribution in [0.2, 0.25) is 0 Å². The minimum absolute atomic E-state index is 0.0250. The number of benzene rings is 3. The summed E-state index contributed by atoms with van der Waals surface area (Å²) in [5, 5.41) is 3.88. The van der Waals surface area contributed by atoms with Crippen LogP contribution in [0.3, 0.4) is 0 Å². The molecule has 3 aromatic rings. The Labute approximate surface area is 171 Å². The van der Waals surface area contributed by atoms with Crippen LogP contribution in [0.15, 0.2) is 78.0 Å². The van der Waals surface area contributed by atoms with Crippen molar-refractivity contribution in [3.8, 4) is 16.9 Å². The number of hydrogen-bond donors (Lipinski definition) is 0. The summed E-state index contributed by atoms with van der Waals surface area (Å²) < 4.78 is 43.1. The molecule has 0 spiro atoms. The van der Waals surface area contributed by atoms with E-state index < -0.39 is 17.7 Å². The van der Waals surface area contributed by atoms with Gasteiger partial charge in [0.15, 0.2) is 0 Å². The number of ether oxygens (including phenoxy) is 1. The van der Waals surface area contributed by atoms with E-state index in [1.54, 1.807) is 14.0 Å². The summed E-state index contributed by atoms with van der Waals surface area (Å²) >= 11 is 0. The van der Waals surface area contributed by atoms with Gasteiger partial charge in [-0.1, -0.05) is 41.6 Å². The average molecular weight is 413 g/mol. The minimum Gasteiger partial charge on any atom is -0.497 e. The van der Waals surface area contributed by atoms with Gasteiger partial charge in [-0.15, -0.1) is 0 Å². The Bertz CT molecular complexity index is 1060. The Morgan fingerprint density at radius 2 is 1.53 bits per heavy atom. The highest BCUT2D eigenvalue weighted by atomic mass is 19.4. The fraction of sp³-hybridized carbons (Fsp3) is 0.130. The molecule has 0 radical (unpaired) electrons. The molecule has 7 heteroatoms. The van der Waals surface area contributed by atoms with Crippen molar-refractivity contribution in [3.63, 3.8) is 0 Å². The van der Waals surface area contributed by atoms with Crippen molar-refractivity contribution in [3.05, 3.63) is 89.5 Å². The van der Waals surface area contributed by atoms with E-state index in [-0.39, 0.29) is 5.56 Å². The standard InChI is InChI=1S/C23H18F3NO3/c1-15(27-30-22(28)17-7-11-18(12-8-17)23(24,25)26)20-5-3-4-6-21(20)16-9-13-19(29-2)14-10-16/h3-14H,1-2H3/b27-15+. The molecule has 0 saturated heterocycles. The molecule has 154 valence electrons. The van der Waals surface area contributed by atoms with E-state index in [1.807, 2.05) is 48.5 Å². The fourth-order valence-electron chi connectivity index (χ4n) is 2.83. The van der Waals surface area contributed by atoms with Crippen LogP contribution < -0.4 is 4.74 Å². The second-order valence-electron chi connectivity index (χ2n) is 6.40. The van der Waals surface area contributed by atoms with Gasteiger partial charge >= 0.3 is 12.1 Å². The molecular formula is C23H18F3NO3. The van der Waals surface area contributed by atoms with Gasteiger partial charge in [-0.3, -0.25) is 0 Å². The molecule has 0 unspecified atom stereocenters. The fourth-order valence-corrected chi connectivity index (χ4v) is 2.83.